The van der Waals surface area contributed by atoms with Crippen LogP contribution < -0.4 is 4.74 Å². The molecule has 0 spiro atoms. The van der Waals surface area contributed by atoms with Crippen molar-refractivity contribution < 1.29 is 19.2 Å². The second kappa shape index (κ2) is 7.92. The topological polar surface area (TPSA) is 96.5 Å². The number of esters is 1. The van der Waals surface area contributed by atoms with E-state index in [0.717, 1.165) is 6.20 Å². The number of aromatic nitrogens is 2. The van der Waals surface area contributed by atoms with E-state index in [0.29, 0.717) is 11.3 Å². The van der Waals surface area contributed by atoms with E-state index in [2.05, 4.69) is 5.10 Å². The predicted molar refractivity (Wildman–Crippen MR) is 83.4 cm³/mol. The normalized spacial score (nSPS) is 11.2. The summed E-state index contributed by atoms with van der Waals surface area (Å²) in [6.45, 7) is 1.89. The Hall–Kier alpha value is -2.90. The molecule has 1 heterocycles. The fraction of sp³-hybridized carbons (Fsp3) is 0.333. The van der Waals surface area contributed by atoms with Crippen molar-refractivity contribution in [2.75, 3.05) is 13.7 Å². The standard InChI is InChI=1S/C14H15N3O5.CH4/c1-3-22-14(18)13(10-4-6-12(21-2)7-5-10)16-9-11(8-15-16)17(19)20;/h4-9,13H,3H2,1-2H3;1H4. The van der Waals surface area contributed by atoms with Crippen LogP contribution in [-0.2, 0) is 9.53 Å². The molecule has 8 nitrogen and oxygen atoms in total. The number of hydrogen-bond acceptors (Lipinski definition) is 6. The molecule has 0 aliphatic carbocycles. The first kappa shape index (κ1) is 18.1. The van der Waals surface area contributed by atoms with Crippen LogP contribution in [0.25, 0.3) is 0 Å². The molecule has 0 bridgehead atoms. The van der Waals surface area contributed by atoms with Crippen LogP contribution in [0.5, 0.6) is 5.75 Å². The summed E-state index contributed by atoms with van der Waals surface area (Å²) >= 11 is 0. The Bertz CT molecular complexity index is 666. The SMILES string of the molecule is C.CCOC(=O)C(c1ccc(OC)cc1)n1cc([N+](=O)[O-])cn1. The van der Waals surface area contributed by atoms with E-state index in [9.17, 15) is 14.9 Å². The van der Waals surface area contributed by atoms with Gasteiger partial charge in [-0.1, -0.05) is 19.6 Å². The number of carbonyl (C=O) groups excluding carboxylic acids is 1. The van der Waals surface area contributed by atoms with Crippen molar-refractivity contribution in [1.29, 1.82) is 0 Å². The van der Waals surface area contributed by atoms with Gasteiger partial charge in [0.1, 0.15) is 18.1 Å². The number of benzene rings is 1. The molecular formula is C15H19N3O5. The summed E-state index contributed by atoms with van der Waals surface area (Å²) in [6, 6.07) is 5.88. The number of hydrogen-bond donors (Lipinski definition) is 0. The van der Waals surface area contributed by atoms with E-state index < -0.39 is 16.9 Å². The van der Waals surface area contributed by atoms with Gasteiger partial charge < -0.3 is 9.47 Å². The van der Waals surface area contributed by atoms with Gasteiger partial charge >= 0.3 is 11.7 Å². The monoisotopic (exact) mass is 321 g/mol. The molecule has 124 valence electrons. The lowest BCUT2D eigenvalue weighted by molar-refractivity contribution is -0.385. The molecule has 0 amide bonds. The number of nitro groups is 1. The van der Waals surface area contributed by atoms with Crippen LogP contribution in [0.2, 0.25) is 0 Å². The molecule has 8 heteroatoms. The zero-order valence-corrected chi connectivity index (χ0v) is 12.1. The van der Waals surface area contributed by atoms with E-state index in [-0.39, 0.29) is 19.7 Å². The highest BCUT2D eigenvalue weighted by Gasteiger charge is 2.26. The Morgan fingerprint density at radius 1 is 1.39 bits per heavy atom. The molecule has 1 unspecified atom stereocenters. The summed E-state index contributed by atoms with van der Waals surface area (Å²) in [5.74, 6) is 0.100. The Morgan fingerprint density at radius 3 is 2.52 bits per heavy atom. The van der Waals surface area contributed by atoms with E-state index in [1.165, 1.54) is 18.0 Å². The van der Waals surface area contributed by atoms with Gasteiger partial charge in [0.2, 0.25) is 0 Å². The van der Waals surface area contributed by atoms with Gasteiger partial charge in [-0.2, -0.15) is 5.10 Å². The maximum Gasteiger partial charge on any atom is 0.335 e. The van der Waals surface area contributed by atoms with Gasteiger partial charge in [0.25, 0.3) is 0 Å². The number of carbonyl (C=O) groups is 1. The molecule has 1 atom stereocenters. The summed E-state index contributed by atoms with van der Waals surface area (Å²) in [5.41, 5.74) is 0.403. The van der Waals surface area contributed by atoms with Crippen molar-refractivity contribution in [3.05, 3.63) is 52.3 Å². The van der Waals surface area contributed by atoms with Crippen molar-refractivity contribution >= 4 is 11.7 Å². The predicted octanol–water partition coefficient (Wildman–Crippen LogP) is 2.59. The van der Waals surface area contributed by atoms with Crippen LogP contribution >= 0.6 is 0 Å². The van der Waals surface area contributed by atoms with Crippen molar-refractivity contribution in [2.24, 2.45) is 0 Å². The van der Waals surface area contributed by atoms with Crippen molar-refractivity contribution in [1.82, 2.24) is 9.78 Å². The molecule has 0 saturated heterocycles. The first-order chi connectivity index (χ1) is 10.6. The lowest BCUT2D eigenvalue weighted by atomic mass is 10.1. The molecule has 0 N–H and O–H groups in total. The molecule has 2 rings (SSSR count). The highest BCUT2D eigenvalue weighted by molar-refractivity contribution is 5.78. The largest absolute Gasteiger partial charge is 0.497 e. The average molecular weight is 321 g/mol. The molecule has 0 fully saturated rings. The van der Waals surface area contributed by atoms with Crippen LogP contribution in [0.1, 0.15) is 26.0 Å². The van der Waals surface area contributed by atoms with Crippen molar-refractivity contribution in [3.8, 4) is 5.75 Å². The zero-order valence-electron chi connectivity index (χ0n) is 12.1. The second-order valence-corrected chi connectivity index (χ2v) is 4.36. The van der Waals surface area contributed by atoms with Crippen LogP contribution in [0.4, 0.5) is 5.69 Å². The van der Waals surface area contributed by atoms with Crippen molar-refractivity contribution in [3.63, 3.8) is 0 Å². The lowest BCUT2D eigenvalue weighted by Crippen LogP contribution is -2.23. The van der Waals surface area contributed by atoms with Gasteiger partial charge in [0.15, 0.2) is 6.04 Å². The van der Waals surface area contributed by atoms with E-state index in [4.69, 9.17) is 9.47 Å². The smallest absolute Gasteiger partial charge is 0.335 e. The van der Waals surface area contributed by atoms with Crippen LogP contribution in [0, 0.1) is 10.1 Å². The minimum absolute atomic E-state index is 0. The summed E-state index contributed by atoms with van der Waals surface area (Å²) in [4.78, 5) is 22.4. The average Bonchev–Trinajstić information content (AvgIpc) is 2.98. The summed E-state index contributed by atoms with van der Waals surface area (Å²) in [6.07, 6.45) is 2.29. The van der Waals surface area contributed by atoms with Gasteiger partial charge in [-0.15, -0.1) is 0 Å². The quantitative estimate of drug-likeness (QED) is 0.461. The fourth-order valence-electron chi connectivity index (χ4n) is 1.97. The fourth-order valence-corrected chi connectivity index (χ4v) is 1.97. The molecular weight excluding hydrogens is 302 g/mol. The van der Waals surface area contributed by atoms with Crippen LogP contribution in [0.15, 0.2) is 36.7 Å². The van der Waals surface area contributed by atoms with Crippen LogP contribution in [-0.4, -0.2) is 34.4 Å². The lowest BCUT2D eigenvalue weighted by Gasteiger charge is -2.16. The zero-order chi connectivity index (χ0) is 16.1. The third-order valence-electron chi connectivity index (χ3n) is 3.00. The Labute approximate surface area is 133 Å². The maximum atomic E-state index is 12.2. The minimum Gasteiger partial charge on any atom is -0.497 e. The molecule has 0 aliphatic rings. The second-order valence-electron chi connectivity index (χ2n) is 4.36. The van der Waals surface area contributed by atoms with E-state index in [1.54, 1.807) is 31.2 Å². The number of rotatable bonds is 6. The molecule has 23 heavy (non-hydrogen) atoms. The van der Waals surface area contributed by atoms with E-state index >= 15 is 0 Å². The maximum absolute atomic E-state index is 12.2. The van der Waals surface area contributed by atoms with Gasteiger partial charge in [0, 0.05) is 0 Å². The highest BCUT2D eigenvalue weighted by atomic mass is 16.6. The summed E-state index contributed by atoms with van der Waals surface area (Å²) in [7, 11) is 1.54. The van der Waals surface area contributed by atoms with E-state index in [1.807, 2.05) is 0 Å². The number of nitrogens with zero attached hydrogens (tertiary/aromatic N) is 3. The van der Waals surface area contributed by atoms with Gasteiger partial charge in [-0.3, -0.25) is 10.1 Å². The molecule has 2 aromatic rings. The molecule has 1 aromatic carbocycles. The van der Waals surface area contributed by atoms with Gasteiger partial charge in [-0.25, -0.2) is 9.48 Å². The van der Waals surface area contributed by atoms with Crippen LogP contribution in [0.3, 0.4) is 0 Å². The summed E-state index contributed by atoms with van der Waals surface area (Å²) in [5, 5.41) is 14.7. The molecule has 0 saturated carbocycles. The van der Waals surface area contributed by atoms with Gasteiger partial charge in [0.05, 0.1) is 18.6 Å². The van der Waals surface area contributed by atoms with Crippen molar-refractivity contribution in [2.45, 2.75) is 20.4 Å². The molecule has 1 aromatic heterocycles. The number of methoxy groups -OCH3 is 1. The third kappa shape index (κ3) is 4.06. The Balaban J connectivity index is 0.00000264. The Kier molecular flexibility index (Phi) is 6.25. The first-order valence-electron chi connectivity index (χ1n) is 6.56. The highest BCUT2D eigenvalue weighted by Crippen LogP contribution is 2.24. The third-order valence-corrected chi connectivity index (χ3v) is 3.00. The molecule has 0 radical (unpaired) electrons. The first-order valence-corrected chi connectivity index (χ1v) is 6.56. The Morgan fingerprint density at radius 2 is 2.04 bits per heavy atom. The summed E-state index contributed by atoms with van der Waals surface area (Å²) < 4.78 is 11.3. The number of ether oxygens (including phenoxy) is 2. The minimum atomic E-state index is -0.889. The molecule has 0 aliphatic heterocycles. The van der Waals surface area contributed by atoms with Gasteiger partial charge in [-0.05, 0) is 24.6 Å².